The highest BCUT2D eigenvalue weighted by Gasteiger charge is 2.31. The van der Waals surface area contributed by atoms with Gasteiger partial charge in [-0.1, -0.05) is 0 Å². The summed E-state index contributed by atoms with van der Waals surface area (Å²) in [5, 5.41) is 0. The molecule has 1 aromatic rings. The smallest absolute Gasteiger partial charge is 0.240 e. The van der Waals surface area contributed by atoms with Crippen molar-refractivity contribution < 1.29 is 13.2 Å². The lowest BCUT2D eigenvalue weighted by Crippen LogP contribution is -2.40. The van der Waals surface area contributed by atoms with Crippen LogP contribution in [0.15, 0.2) is 23.2 Å². The molecule has 1 unspecified atom stereocenters. The van der Waals surface area contributed by atoms with E-state index in [1.165, 1.54) is 18.3 Å². The van der Waals surface area contributed by atoms with Crippen molar-refractivity contribution >= 4 is 15.8 Å². The lowest BCUT2D eigenvalue weighted by molar-refractivity contribution is 0.0250. The van der Waals surface area contributed by atoms with Crippen molar-refractivity contribution in [2.75, 3.05) is 18.9 Å². The maximum atomic E-state index is 12.0. The Morgan fingerprint density at radius 3 is 3.00 bits per heavy atom. The first-order chi connectivity index (χ1) is 8.41. The maximum absolute atomic E-state index is 12.0. The largest absolute Gasteiger partial charge is 0.384 e. The number of nitrogen functional groups attached to an aromatic ring is 1. The van der Waals surface area contributed by atoms with Gasteiger partial charge in [0.15, 0.2) is 0 Å². The van der Waals surface area contributed by atoms with E-state index in [1.807, 2.05) is 6.92 Å². The molecule has 0 saturated carbocycles. The summed E-state index contributed by atoms with van der Waals surface area (Å²) in [5.74, 6) is 0.182. The van der Waals surface area contributed by atoms with Gasteiger partial charge in [-0.15, -0.1) is 0 Å². The molecule has 2 heterocycles. The van der Waals surface area contributed by atoms with E-state index in [4.69, 9.17) is 10.5 Å². The van der Waals surface area contributed by atoms with E-state index in [2.05, 4.69) is 9.71 Å². The Bertz CT molecular complexity index is 524. The minimum atomic E-state index is -3.56. The number of nitrogens with two attached hydrogens (primary N) is 1. The molecule has 1 aliphatic heterocycles. The highest BCUT2D eigenvalue weighted by molar-refractivity contribution is 7.89. The van der Waals surface area contributed by atoms with Crippen molar-refractivity contribution in [3.63, 3.8) is 0 Å². The van der Waals surface area contributed by atoms with Crippen LogP contribution in [-0.2, 0) is 14.8 Å². The third-order valence-corrected chi connectivity index (χ3v) is 4.40. The van der Waals surface area contributed by atoms with Gasteiger partial charge in [0.25, 0.3) is 0 Å². The number of pyridine rings is 1. The van der Waals surface area contributed by atoms with Crippen molar-refractivity contribution in [1.29, 1.82) is 0 Å². The zero-order valence-electron chi connectivity index (χ0n) is 10.2. The molecular weight excluding hydrogens is 254 g/mol. The minimum Gasteiger partial charge on any atom is -0.384 e. The normalized spacial score (nSPS) is 24.3. The fraction of sp³-hybridized carbons (Fsp3) is 0.545. The first-order valence-electron chi connectivity index (χ1n) is 5.76. The Kier molecular flexibility index (Phi) is 3.56. The summed E-state index contributed by atoms with van der Waals surface area (Å²) in [5.41, 5.74) is 5.06. The predicted octanol–water partition coefficient (Wildman–Crippen LogP) is 0.511. The third-order valence-electron chi connectivity index (χ3n) is 3.00. The topological polar surface area (TPSA) is 94.3 Å². The maximum Gasteiger partial charge on any atom is 0.240 e. The molecule has 1 aromatic heterocycles. The molecule has 2 rings (SSSR count). The van der Waals surface area contributed by atoms with E-state index in [-0.39, 0.29) is 17.3 Å². The first-order valence-corrected chi connectivity index (χ1v) is 7.25. The monoisotopic (exact) mass is 271 g/mol. The molecule has 0 amide bonds. The van der Waals surface area contributed by atoms with Crippen molar-refractivity contribution in [3.05, 3.63) is 18.3 Å². The van der Waals surface area contributed by atoms with Crippen LogP contribution in [0.3, 0.4) is 0 Å². The lowest BCUT2D eigenvalue weighted by atomic mass is 10.0. The van der Waals surface area contributed by atoms with Crippen molar-refractivity contribution in [2.45, 2.75) is 30.3 Å². The van der Waals surface area contributed by atoms with Crippen LogP contribution in [0.4, 0.5) is 5.82 Å². The van der Waals surface area contributed by atoms with Gasteiger partial charge in [-0.05, 0) is 25.8 Å². The van der Waals surface area contributed by atoms with Crippen molar-refractivity contribution in [1.82, 2.24) is 9.71 Å². The molecular formula is C11H17N3O3S. The number of nitrogens with zero attached hydrogens (tertiary/aromatic N) is 1. The summed E-state index contributed by atoms with van der Waals surface area (Å²) in [6, 6.07) is 2.75. The van der Waals surface area contributed by atoms with Gasteiger partial charge in [-0.3, -0.25) is 0 Å². The summed E-state index contributed by atoms with van der Waals surface area (Å²) in [4.78, 5) is 3.89. The van der Waals surface area contributed by atoms with Gasteiger partial charge in [0.05, 0.1) is 10.5 Å². The van der Waals surface area contributed by atoms with Crippen LogP contribution in [0.2, 0.25) is 0 Å². The number of anilines is 1. The van der Waals surface area contributed by atoms with Crippen LogP contribution in [0.25, 0.3) is 0 Å². The fourth-order valence-electron chi connectivity index (χ4n) is 1.90. The molecule has 1 aliphatic rings. The molecule has 0 radical (unpaired) electrons. The number of nitrogens with one attached hydrogen (secondary N) is 1. The van der Waals surface area contributed by atoms with Crippen LogP contribution in [0.5, 0.6) is 0 Å². The van der Waals surface area contributed by atoms with Crippen molar-refractivity contribution in [2.24, 2.45) is 0 Å². The van der Waals surface area contributed by atoms with E-state index in [0.717, 1.165) is 12.8 Å². The summed E-state index contributed by atoms with van der Waals surface area (Å²) >= 11 is 0. The fourth-order valence-corrected chi connectivity index (χ4v) is 3.08. The second-order valence-corrected chi connectivity index (χ2v) is 6.41. The van der Waals surface area contributed by atoms with Crippen LogP contribution in [-0.4, -0.2) is 32.2 Å². The standard InChI is InChI=1S/C11H17N3O3S/c1-11(4-2-6-17-11)8-14-18(15,16)9-3-5-13-10(12)7-9/h3,5,7,14H,2,4,6,8H2,1H3,(H2,12,13). The second kappa shape index (κ2) is 4.83. The van der Waals surface area contributed by atoms with Gasteiger partial charge in [-0.2, -0.15) is 0 Å². The van der Waals surface area contributed by atoms with Gasteiger partial charge in [0.2, 0.25) is 10.0 Å². The Morgan fingerprint density at radius 1 is 1.61 bits per heavy atom. The number of aromatic nitrogens is 1. The minimum absolute atomic E-state index is 0.122. The molecule has 1 saturated heterocycles. The van der Waals surface area contributed by atoms with E-state index in [1.54, 1.807) is 0 Å². The molecule has 1 atom stereocenters. The third kappa shape index (κ3) is 2.98. The van der Waals surface area contributed by atoms with Crippen LogP contribution < -0.4 is 10.5 Å². The Balaban J connectivity index is 2.08. The predicted molar refractivity (Wildman–Crippen MR) is 67.4 cm³/mol. The number of hydrogen-bond acceptors (Lipinski definition) is 5. The SMILES string of the molecule is CC1(CNS(=O)(=O)c2ccnc(N)c2)CCCO1. The van der Waals surface area contributed by atoms with Gasteiger partial charge < -0.3 is 10.5 Å². The van der Waals surface area contributed by atoms with Crippen molar-refractivity contribution in [3.8, 4) is 0 Å². The summed E-state index contributed by atoms with van der Waals surface area (Å²) < 4.78 is 32.1. The molecule has 7 heteroatoms. The summed E-state index contributed by atoms with van der Waals surface area (Å²) in [6.45, 7) is 2.85. The number of ether oxygens (including phenoxy) is 1. The Morgan fingerprint density at radius 2 is 2.39 bits per heavy atom. The average molecular weight is 271 g/mol. The number of sulfonamides is 1. The van der Waals surface area contributed by atoms with Crippen LogP contribution in [0, 0.1) is 0 Å². The highest BCUT2D eigenvalue weighted by atomic mass is 32.2. The first kappa shape index (κ1) is 13.3. The Labute approximate surface area is 107 Å². The van der Waals surface area contributed by atoms with Crippen LogP contribution in [0.1, 0.15) is 19.8 Å². The van der Waals surface area contributed by atoms with Crippen LogP contribution >= 0.6 is 0 Å². The van der Waals surface area contributed by atoms with Gasteiger partial charge >= 0.3 is 0 Å². The quantitative estimate of drug-likeness (QED) is 0.832. The molecule has 100 valence electrons. The second-order valence-electron chi connectivity index (χ2n) is 4.64. The van der Waals surface area contributed by atoms with E-state index in [0.29, 0.717) is 6.61 Å². The molecule has 0 aromatic carbocycles. The summed E-state index contributed by atoms with van der Waals surface area (Å²) in [7, 11) is -3.56. The van der Waals surface area contributed by atoms with Gasteiger partial charge in [0.1, 0.15) is 5.82 Å². The molecule has 3 N–H and O–H groups in total. The van der Waals surface area contributed by atoms with Gasteiger partial charge in [0, 0.05) is 25.4 Å². The zero-order valence-corrected chi connectivity index (χ0v) is 11.0. The lowest BCUT2D eigenvalue weighted by Gasteiger charge is -2.23. The van der Waals surface area contributed by atoms with E-state index >= 15 is 0 Å². The number of rotatable bonds is 4. The zero-order chi connectivity index (χ0) is 13.2. The van der Waals surface area contributed by atoms with E-state index in [9.17, 15) is 8.42 Å². The molecule has 1 fully saturated rings. The average Bonchev–Trinajstić information content (AvgIpc) is 2.75. The molecule has 0 aliphatic carbocycles. The van der Waals surface area contributed by atoms with E-state index < -0.39 is 15.6 Å². The summed E-state index contributed by atoms with van der Waals surface area (Å²) in [6.07, 6.45) is 3.19. The van der Waals surface area contributed by atoms with Gasteiger partial charge in [-0.25, -0.2) is 18.1 Å². The molecule has 0 bridgehead atoms. The highest BCUT2D eigenvalue weighted by Crippen LogP contribution is 2.24. The molecule has 18 heavy (non-hydrogen) atoms. The molecule has 6 nitrogen and oxygen atoms in total. The number of hydrogen-bond donors (Lipinski definition) is 2. The Hall–Kier alpha value is -1.18. The molecule has 0 spiro atoms.